The first-order valence-corrected chi connectivity index (χ1v) is 8.56. The van der Waals surface area contributed by atoms with Crippen molar-refractivity contribution in [3.05, 3.63) is 60.4 Å². The van der Waals surface area contributed by atoms with Gasteiger partial charge in [-0.2, -0.15) is 5.10 Å². The van der Waals surface area contributed by atoms with E-state index in [4.69, 9.17) is 12.2 Å². The van der Waals surface area contributed by atoms with Crippen LogP contribution in [0.2, 0.25) is 0 Å². The third-order valence-corrected chi connectivity index (χ3v) is 3.56. The lowest BCUT2D eigenvalue weighted by atomic mass is 10.1. The highest BCUT2D eigenvalue weighted by Gasteiger charge is 2.30. The molecular formula is C17H12F3N5OS2. The molecule has 0 saturated carbocycles. The molecule has 0 aliphatic rings. The predicted octanol–water partition coefficient (Wildman–Crippen LogP) is 3.97. The molecule has 0 radical (unpaired) electrons. The number of aromatic nitrogens is 3. The number of hydrogen-bond donors (Lipinski definition) is 2. The van der Waals surface area contributed by atoms with Crippen molar-refractivity contribution in [2.75, 3.05) is 0 Å². The molecule has 0 fully saturated rings. The fraction of sp³-hybridized carbons (Fsp3) is 0.0588. The molecule has 0 amide bonds. The number of hydrazone groups is 1. The van der Waals surface area contributed by atoms with E-state index in [1.807, 2.05) is 24.3 Å². The van der Waals surface area contributed by atoms with E-state index in [1.165, 1.54) is 35.3 Å². The smallest absolute Gasteiger partial charge is 0.406 e. The summed E-state index contributed by atoms with van der Waals surface area (Å²) < 4.78 is 42.2. The molecule has 1 heterocycles. The molecule has 1 N–H and O–H groups in total. The Hall–Kier alpha value is -2.92. The number of thiocarbonyl (C=S) groups is 1. The van der Waals surface area contributed by atoms with Crippen molar-refractivity contribution in [2.45, 2.75) is 6.36 Å². The molecule has 2 aromatic carbocycles. The number of nitrogens with zero attached hydrogens (tertiary/aromatic N) is 4. The van der Waals surface area contributed by atoms with Gasteiger partial charge < -0.3 is 4.74 Å². The van der Waals surface area contributed by atoms with Crippen molar-refractivity contribution in [3.8, 4) is 22.8 Å². The van der Waals surface area contributed by atoms with Gasteiger partial charge >= 0.3 is 6.36 Å². The van der Waals surface area contributed by atoms with E-state index in [0.29, 0.717) is 11.5 Å². The molecule has 0 aliphatic heterocycles. The largest absolute Gasteiger partial charge is 0.573 e. The predicted molar refractivity (Wildman–Crippen MR) is 106 cm³/mol. The Balaban J connectivity index is 1.71. The molecule has 11 heteroatoms. The summed E-state index contributed by atoms with van der Waals surface area (Å²) in [6.07, 6.45) is -1.67. The number of nitrogens with one attached hydrogen (secondary N) is 1. The first kappa shape index (κ1) is 19.8. The zero-order valence-corrected chi connectivity index (χ0v) is 15.7. The second-order valence-corrected chi connectivity index (χ2v) is 6.51. The second-order valence-electron chi connectivity index (χ2n) is 5.35. The Morgan fingerprint density at radius 3 is 2.43 bits per heavy atom. The van der Waals surface area contributed by atoms with E-state index >= 15 is 0 Å². The zero-order chi connectivity index (χ0) is 20.1. The van der Waals surface area contributed by atoms with Gasteiger partial charge in [0.25, 0.3) is 0 Å². The van der Waals surface area contributed by atoms with Crippen LogP contribution in [0.1, 0.15) is 5.56 Å². The molecular weight excluding hydrogens is 411 g/mol. The summed E-state index contributed by atoms with van der Waals surface area (Å²) >= 11 is 8.63. The maximum absolute atomic E-state index is 12.2. The van der Waals surface area contributed by atoms with Crippen LogP contribution in [0.5, 0.6) is 5.75 Å². The topological polar surface area (TPSA) is 64.3 Å². The van der Waals surface area contributed by atoms with Crippen LogP contribution in [0.15, 0.2) is 60.0 Å². The summed E-state index contributed by atoms with van der Waals surface area (Å²) in [5.74, 6) is 0.163. The second kappa shape index (κ2) is 8.40. The van der Waals surface area contributed by atoms with Gasteiger partial charge in [0.2, 0.25) is 0 Å². The Morgan fingerprint density at radius 1 is 1.14 bits per heavy atom. The highest BCUT2D eigenvalue weighted by molar-refractivity contribution is 8.11. The third-order valence-electron chi connectivity index (χ3n) is 3.37. The summed E-state index contributed by atoms with van der Waals surface area (Å²) in [5.41, 5.74) is 4.69. The average Bonchev–Trinajstić information content (AvgIpc) is 3.11. The summed E-state index contributed by atoms with van der Waals surface area (Å²) in [4.78, 5) is 4.23. The molecule has 144 valence electrons. The molecule has 0 spiro atoms. The highest BCUT2D eigenvalue weighted by atomic mass is 32.1. The van der Waals surface area contributed by atoms with Gasteiger partial charge in [-0.15, -0.1) is 30.9 Å². The number of ether oxygens (including phenoxy) is 1. The van der Waals surface area contributed by atoms with Crippen LogP contribution in [-0.4, -0.2) is 31.7 Å². The lowest BCUT2D eigenvalue weighted by Gasteiger charge is -2.09. The third kappa shape index (κ3) is 5.54. The lowest BCUT2D eigenvalue weighted by molar-refractivity contribution is -0.274. The number of benzene rings is 2. The van der Waals surface area contributed by atoms with Gasteiger partial charge in [0.1, 0.15) is 12.1 Å². The fourth-order valence-corrected chi connectivity index (χ4v) is 2.31. The quantitative estimate of drug-likeness (QED) is 0.281. The molecule has 0 bridgehead atoms. The summed E-state index contributed by atoms with van der Waals surface area (Å²) in [6.45, 7) is 0. The number of hydrogen-bond acceptors (Lipinski definition) is 5. The van der Waals surface area contributed by atoms with E-state index in [0.717, 1.165) is 11.1 Å². The van der Waals surface area contributed by atoms with Crippen LogP contribution in [0, 0.1) is 0 Å². The number of halogens is 3. The van der Waals surface area contributed by atoms with Crippen molar-refractivity contribution in [3.63, 3.8) is 0 Å². The minimum absolute atomic E-state index is 0.264. The standard InChI is InChI=1S/C17H12F3N5OS2/c18-17(19,20)26-14-7-5-13(6-8-14)25-10-21-15(24-25)12-3-1-11(2-4-12)9-22-23-16(27)28/h1-10H,(H2,23,27,28)/b22-9+. The lowest BCUT2D eigenvalue weighted by Crippen LogP contribution is -2.17. The van der Waals surface area contributed by atoms with Gasteiger partial charge in [-0.25, -0.2) is 9.67 Å². The minimum atomic E-state index is -4.73. The molecule has 0 saturated heterocycles. The molecule has 6 nitrogen and oxygen atoms in total. The zero-order valence-electron chi connectivity index (χ0n) is 14.0. The number of alkyl halides is 3. The summed E-state index contributed by atoms with van der Waals surface area (Å²) in [7, 11) is 0. The van der Waals surface area contributed by atoms with Crippen molar-refractivity contribution in [2.24, 2.45) is 5.10 Å². The van der Waals surface area contributed by atoms with E-state index < -0.39 is 6.36 Å². The van der Waals surface area contributed by atoms with Gasteiger partial charge in [-0.05, 0) is 29.8 Å². The monoisotopic (exact) mass is 423 g/mol. The maximum Gasteiger partial charge on any atom is 0.573 e. The Bertz CT molecular complexity index is 985. The van der Waals surface area contributed by atoms with Gasteiger partial charge in [0, 0.05) is 5.56 Å². The number of thiol groups is 1. The van der Waals surface area contributed by atoms with Crippen LogP contribution in [0.25, 0.3) is 17.1 Å². The van der Waals surface area contributed by atoms with Crippen LogP contribution in [0.4, 0.5) is 13.2 Å². The van der Waals surface area contributed by atoms with Crippen LogP contribution < -0.4 is 10.2 Å². The summed E-state index contributed by atoms with van der Waals surface area (Å²) in [6, 6.07) is 12.6. The van der Waals surface area contributed by atoms with Crippen LogP contribution in [0.3, 0.4) is 0 Å². The van der Waals surface area contributed by atoms with Crippen molar-refractivity contribution < 1.29 is 17.9 Å². The van der Waals surface area contributed by atoms with Crippen molar-refractivity contribution in [1.29, 1.82) is 0 Å². The molecule has 3 rings (SSSR count). The van der Waals surface area contributed by atoms with E-state index in [-0.39, 0.29) is 10.1 Å². The first-order valence-electron chi connectivity index (χ1n) is 7.70. The van der Waals surface area contributed by atoms with E-state index in [1.54, 1.807) is 6.21 Å². The van der Waals surface area contributed by atoms with Gasteiger partial charge in [-0.3, -0.25) is 5.43 Å². The van der Waals surface area contributed by atoms with E-state index in [2.05, 4.69) is 38.0 Å². The molecule has 0 unspecified atom stereocenters. The molecule has 28 heavy (non-hydrogen) atoms. The SMILES string of the molecule is FC(F)(F)Oc1ccc(-n2cnc(-c3ccc(/C=N/NC(=S)S)cc3)n2)cc1. The highest BCUT2D eigenvalue weighted by Crippen LogP contribution is 2.24. The minimum Gasteiger partial charge on any atom is -0.406 e. The molecule has 0 aliphatic carbocycles. The Morgan fingerprint density at radius 2 is 1.82 bits per heavy atom. The van der Waals surface area contributed by atoms with Crippen LogP contribution in [-0.2, 0) is 0 Å². The summed E-state index contributed by atoms with van der Waals surface area (Å²) in [5, 5.41) is 8.25. The Kier molecular flexibility index (Phi) is 5.95. The van der Waals surface area contributed by atoms with Crippen molar-refractivity contribution in [1.82, 2.24) is 20.2 Å². The molecule has 1 aromatic heterocycles. The van der Waals surface area contributed by atoms with Gasteiger partial charge in [0.05, 0.1) is 11.9 Å². The molecule has 3 aromatic rings. The average molecular weight is 423 g/mol. The number of rotatable bonds is 5. The van der Waals surface area contributed by atoms with Crippen molar-refractivity contribution >= 4 is 35.4 Å². The maximum atomic E-state index is 12.2. The molecule has 0 atom stereocenters. The normalized spacial score (nSPS) is 11.6. The Labute approximate surface area is 168 Å². The first-order chi connectivity index (χ1) is 13.3. The van der Waals surface area contributed by atoms with Gasteiger partial charge in [-0.1, -0.05) is 36.5 Å². The fourth-order valence-electron chi connectivity index (χ4n) is 2.20. The van der Waals surface area contributed by atoms with E-state index in [9.17, 15) is 13.2 Å². The van der Waals surface area contributed by atoms with Gasteiger partial charge in [0.15, 0.2) is 10.1 Å². The van der Waals surface area contributed by atoms with Crippen LogP contribution >= 0.6 is 24.8 Å².